The molecule has 2 aromatic rings. The Balaban J connectivity index is 0.000000277. The standard InChI is InChI=1S/C8H10AsNO5.C8H8/c1-5(11)10-7-4-6(9(13,14)15)2-3-8(7)12;1-2-8-6-4-3-5-7-8/h2-4,12H,1H3,(H,10,11)(H2,13,14,15);2-7H,1H2. The molecule has 23 heavy (non-hydrogen) atoms. The van der Waals surface area contributed by atoms with Crippen molar-refractivity contribution in [1.82, 2.24) is 0 Å². The van der Waals surface area contributed by atoms with E-state index in [0.29, 0.717) is 0 Å². The molecule has 0 aliphatic carbocycles. The van der Waals surface area contributed by atoms with Crippen molar-refractivity contribution in [2.45, 2.75) is 6.92 Å². The molecule has 0 radical (unpaired) electrons. The third-order valence-electron chi connectivity index (χ3n) is 2.66. The zero-order valence-electron chi connectivity index (χ0n) is 12.5. The molecule has 6 nitrogen and oxygen atoms in total. The number of anilines is 1. The van der Waals surface area contributed by atoms with Gasteiger partial charge in [-0.3, -0.25) is 0 Å². The van der Waals surface area contributed by atoms with Gasteiger partial charge >= 0.3 is 88.1 Å². The normalized spacial score (nSPS) is 10.2. The number of hydrogen-bond donors (Lipinski definition) is 4. The second-order valence-electron chi connectivity index (χ2n) is 4.54. The van der Waals surface area contributed by atoms with Crippen molar-refractivity contribution >= 4 is 36.2 Å². The number of amides is 1. The van der Waals surface area contributed by atoms with Crippen LogP contribution in [0.25, 0.3) is 6.08 Å². The number of benzene rings is 2. The zero-order chi connectivity index (χ0) is 17.5. The molecular weight excluding hydrogens is 361 g/mol. The first kappa shape index (κ1) is 18.8. The molecule has 0 saturated heterocycles. The second kappa shape index (κ2) is 8.38. The predicted octanol–water partition coefficient (Wildman–Crippen LogP) is 1.24. The Morgan fingerprint density at radius 1 is 1.17 bits per heavy atom. The molecule has 122 valence electrons. The molecular formula is C16H18AsNO5. The van der Waals surface area contributed by atoms with E-state index in [2.05, 4.69) is 11.9 Å². The van der Waals surface area contributed by atoms with Crippen molar-refractivity contribution in [2.24, 2.45) is 0 Å². The van der Waals surface area contributed by atoms with E-state index in [1.54, 1.807) is 0 Å². The predicted molar refractivity (Wildman–Crippen MR) is 89.5 cm³/mol. The molecule has 2 rings (SSSR count). The van der Waals surface area contributed by atoms with Crippen molar-refractivity contribution in [3.8, 4) is 5.75 Å². The van der Waals surface area contributed by atoms with E-state index in [4.69, 9.17) is 8.19 Å². The Morgan fingerprint density at radius 2 is 1.78 bits per heavy atom. The fraction of sp³-hybridized carbons (Fsp3) is 0.0625. The van der Waals surface area contributed by atoms with Crippen molar-refractivity contribution in [2.75, 3.05) is 5.32 Å². The van der Waals surface area contributed by atoms with Crippen LogP contribution in [0.2, 0.25) is 0 Å². The topological polar surface area (TPSA) is 107 Å². The van der Waals surface area contributed by atoms with Gasteiger partial charge in [0.15, 0.2) is 0 Å². The Hall–Kier alpha value is -2.27. The molecule has 0 aliphatic rings. The summed E-state index contributed by atoms with van der Waals surface area (Å²) < 4.78 is 28.6. The Morgan fingerprint density at radius 3 is 2.22 bits per heavy atom. The van der Waals surface area contributed by atoms with Gasteiger partial charge in [0.2, 0.25) is 0 Å². The number of nitrogens with one attached hydrogen (secondary N) is 1. The molecule has 0 heterocycles. The molecule has 1 amide bonds. The number of aromatic hydroxyl groups is 1. The van der Waals surface area contributed by atoms with E-state index in [1.807, 2.05) is 36.4 Å². The summed E-state index contributed by atoms with van der Waals surface area (Å²) in [6, 6.07) is 13.3. The van der Waals surface area contributed by atoms with Gasteiger partial charge in [0, 0.05) is 0 Å². The summed E-state index contributed by atoms with van der Waals surface area (Å²) in [5.74, 6) is -0.668. The van der Waals surface area contributed by atoms with E-state index in [9.17, 15) is 13.6 Å². The van der Waals surface area contributed by atoms with Gasteiger partial charge in [-0.2, -0.15) is 0 Å². The van der Waals surface area contributed by atoms with E-state index in [1.165, 1.54) is 12.5 Å². The van der Waals surface area contributed by atoms with Crippen LogP contribution in [0.1, 0.15) is 12.5 Å². The maximum atomic E-state index is 10.9. The third-order valence-corrected chi connectivity index (χ3v) is 4.66. The van der Waals surface area contributed by atoms with Crippen molar-refractivity contribution in [1.29, 1.82) is 0 Å². The fourth-order valence-electron chi connectivity index (χ4n) is 1.58. The third kappa shape index (κ3) is 6.57. The first-order chi connectivity index (χ1) is 10.7. The Labute approximate surface area is 137 Å². The summed E-state index contributed by atoms with van der Waals surface area (Å²) in [5.41, 5.74) is 1.16. The van der Waals surface area contributed by atoms with Crippen LogP contribution in [0.4, 0.5) is 5.69 Å². The quantitative estimate of drug-likeness (QED) is 0.474. The van der Waals surface area contributed by atoms with Crippen molar-refractivity contribution in [3.63, 3.8) is 0 Å². The first-order valence-corrected chi connectivity index (χ1v) is 9.96. The van der Waals surface area contributed by atoms with E-state index < -0.39 is 20.1 Å². The molecule has 4 N–H and O–H groups in total. The van der Waals surface area contributed by atoms with Gasteiger partial charge in [0.1, 0.15) is 0 Å². The van der Waals surface area contributed by atoms with Crippen LogP contribution in [0.15, 0.2) is 55.1 Å². The summed E-state index contributed by atoms with van der Waals surface area (Å²) >= 11 is -4.98. The van der Waals surface area contributed by atoms with Crippen LogP contribution in [-0.2, 0) is 8.53 Å². The number of rotatable bonds is 3. The van der Waals surface area contributed by atoms with Crippen LogP contribution in [0.3, 0.4) is 0 Å². The van der Waals surface area contributed by atoms with E-state index in [0.717, 1.165) is 18.2 Å². The maximum absolute atomic E-state index is 10.9. The van der Waals surface area contributed by atoms with Crippen molar-refractivity contribution < 1.29 is 21.8 Å². The van der Waals surface area contributed by atoms with Crippen LogP contribution in [0.5, 0.6) is 5.75 Å². The molecule has 0 atom stereocenters. The van der Waals surface area contributed by atoms with E-state index in [-0.39, 0.29) is 15.8 Å². The summed E-state index contributed by atoms with van der Waals surface area (Å²) in [5, 5.41) is 11.6. The van der Waals surface area contributed by atoms with E-state index >= 15 is 0 Å². The van der Waals surface area contributed by atoms with Crippen molar-refractivity contribution in [3.05, 3.63) is 60.7 Å². The van der Waals surface area contributed by atoms with Gasteiger partial charge in [0.05, 0.1) is 0 Å². The summed E-state index contributed by atoms with van der Waals surface area (Å²) in [6.07, 6.45) is 1.83. The minimum atomic E-state index is -4.98. The average molecular weight is 379 g/mol. The SMILES string of the molecule is C=Cc1ccccc1.CC(=O)Nc1cc([As](=O)(O)O)ccc1O. The number of phenols is 1. The molecule has 0 spiro atoms. The first-order valence-electron chi connectivity index (χ1n) is 6.58. The van der Waals surface area contributed by atoms with Crippen LogP contribution in [0, 0.1) is 0 Å². The molecule has 0 unspecified atom stereocenters. The summed E-state index contributed by atoms with van der Waals surface area (Å²) in [7, 11) is 0. The van der Waals surface area contributed by atoms with Gasteiger partial charge in [-0.1, -0.05) is 43.0 Å². The molecule has 2 aromatic carbocycles. The molecule has 0 bridgehead atoms. The van der Waals surface area contributed by atoms with Gasteiger partial charge < -0.3 is 0 Å². The monoisotopic (exact) mass is 379 g/mol. The Bertz CT molecular complexity index is 725. The van der Waals surface area contributed by atoms with Crippen LogP contribution < -0.4 is 9.67 Å². The number of carbonyl (C=O) groups is 1. The number of phenolic OH excluding ortho intramolecular Hbond substituents is 1. The number of hydrogen-bond acceptors (Lipinski definition) is 3. The van der Waals surface area contributed by atoms with Gasteiger partial charge in [-0.05, 0) is 5.56 Å². The molecule has 0 aliphatic heterocycles. The molecule has 7 heteroatoms. The molecule has 0 aromatic heterocycles. The fourth-order valence-corrected chi connectivity index (χ4v) is 2.77. The van der Waals surface area contributed by atoms with Gasteiger partial charge in [0.25, 0.3) is 0 Å². The van der Waals surface area contributed by atoms with Crippen LogP contribution in [-0.4, -0.2) is 33.4 Å². The van der Waals surface area contributed by atoms with Crippen LogP contribution >= 0.6 is 0 Å². The molecule has 0 fully saturated rings. The zero-order valence-corrected chi connectivity index (χ0v) is 14.4. The summed E-state index contributed by atoms with van der Waals surface area (Å²) in [6.45, 7) is 4.86. The molecule has 0 saturated carbocycles. The van der Waals surface area contributed by atoms with Gasteiger partial charge in [-0.25, -0.2) is 0 Å². The summed E-state index contributed by atoms with van der Waals surface area (Å²) in [4.78, 5) is 10.7. The average Bonchev–Trinajstić information content (AvgIpc) is 2.49. The van der Waals surface area contributed by atoms with Gasteiger partial charge in [-0.15, -0.1) is 0 Å². The second-order valence-corrected chi connectivity index (χ2v) is 7.91. The minimum absolute atomic E-state index is 0.00951. The number of carbonyl (C=O) groups excluding carboxylic acids is 1. The Kier molecular flexibility index (Phi) is 6.84.